The second-order valence-electron chi connectivity index (χ2n) is 3.80. The lowest BCUT2D eigenvalue weighted by Crippen LogP contribution is -1.78. The van der Waals surface area contributed by atoms with Gasteiger partial charge in [0.05, 0.1) is 5.01 Å². The van der Waals surface area contributed by atoms with E-state index in [1.165, 1.54) is 0 Å². The molecule has 0 aliphatic carbocycles. The molecule has 0 saturated heterocycles. The molecule has 0 amide bonds. The first-order chi connectivity index (χ1) is 8.22. The van der Waals surface area contributed by atoms with Gasteiger partial charge in [-0.2, -0.15) is 0 Å². The molecule has 0 spiro atoms. The molecule has 2 aromatic heterocycles. The molecule has 0 radical (unpaired) electrons. The van der Waals surface area contributed by atoms with Crippen molar-refractivity contribution < 1.29 is 4.42 Å². The van der Waals surface area contributed by atoms with E-state index in [0.717, 1.165) is 34.1 Å². The number of furan rings is 1. The molecule has 0 saturated carbocycles. The molecule has 3 heteroatoms. The molecule has 2 rings (SSSR count). The molecule has 0 bridgehead atoms. The third kappa shape index (κ3) is 2.56. The van der Waals surface area contributed by atoms with E-state index in [4.69, 9.17) is 4.42 Å². The highest BCUT2D eigenvalue weighted by Gasteiger charge is 2.08. The van der Waals surface area contributed by atoms with Gasteiger partial charge in [0.15, 0.2) is 0 Å². The Balaban J connectivity index is 2.15. The zero-order valence-corrected chi connectivity index (χ0v) is 10.9. The van der Waals surface area contributed by atoms with Crippen LogP contribution < -0.4 is 0 Å². The maximum Gasteiger partial charge on any atom is 0.134 e. The molecule has 0 aliphatic heterocycles. The molecular formula is C14H15NOS. The number of nitrogens with zero attached hydrogens (tertiary/aromatic N) is 1. The third-order valence-electron chi connectivity index (χ3n) is 2.71. The summed E-state index contributed by atoms with van der Waals surface area (Å²) in [4.78, 5) is 4.23. The SMILES string of the molecule is C=Cc1c(/C=C\Cc2nccs2)oc(C)c1C. The molecule has 88 valence electrons. The zero-order valence-electron chi connectivity index (χ0n) is 10.1. The normalized spacial score (nSPS) is 11.2. The van der Waals surface area contributed by atoms with Crippen LogP contribution in [0.5, 0.6) is 0 Å². The van der Waals surface area contributed by atoms with Crippen molar-refractivity contribution in [2.24, 2.45) is 0 Å². The summed E-state index contributed by atoms with van der Waals surface area (Å²) in [7, 11) is 0. The van der Waals surface area contributed by atoms with Gasteiger partial charge in [-0.05, 0) is 25.5 Å². The van der Waals surface area contributed by atoms with Crippen LogP contribution in [0, 0.1) is 13.8 Å². The van der Waals surface area contributed by atoms with Gasteiger partial charge < -0.3 is 4.42 Å². The predicted octanol–water partition coefficient (Wildman–Crippen LogP) is 4.25. The van der Waals surface area contributed by atoms with Crippen LogP contribution in [0.2, 0.25) is 0 Å². The van der Waals surface area contributed by atoms with E-state index in [0.29, 0.717) is 0 Å². The van der Waals surface area contributed by atoms with Gasteiger partial charge in [0, 0.05) is 23.6 Å². The standard InChI is InChI=1S/C14H15NOS/c1-4-12-10(2)11(3)16-13(12)6-5-7-14-15-8-9-17-14/h4-6,8-9H,1,7H2,2-3H3/b6-5-. The second-order valence-corrected chi connectivity index (χ2v) is 4.78. The number of allylic oxidation sites excluding steroid dienone is 1. The van der Waals surface area contributed by atoms with Crippen molar-refractivity contribution in [1.82, 2.24) is 4.98 Å². The average Bonchev–Trinajstić information content (AvgIpc) is 2.90. The lowest BCUT2D eigenvalue weighted by Gasteiger charge is -1.91. The van der Waals surface area contributed by atoms with Crippen molar-refractivity contribution in [3.63, 3.8) is 0 Å². The molecule has 0 atom stereocenters. The summed E-state index contributed by atoms with van der Waals surface area (Å²) in [6, 6.07) is 0. The first-order valence-electron chi connectivity index (χ1n) is 5.49. The van der Waals surface area contributed by atoms with E-state index in [1.54, 1.807) is 11.3 Å². The van der Waals surface area contributed by atoms with E-state index in [2.05, 4.69) is 17.6 Å². The van der Waals surface area contributed by atoms with Crippen molar-refractivity contribution in [2.75, 3.05) is 0 Å². The van der Waals surface area contributed by atoms with E-state index in [9.17, 15) is 0 Å². The summed E-state index contributed by atoms with van der Waals surface area (Å²) in [5, 5.41) is 3.10. The van der Waals surface area contributed by atoms with Gasteiger partial charge in [-0.15, -0.1) is 11.3 Å². The minimum absolute atomic E-state index is 0.840. The van der Waals surface area contributed by atoms with Gasteiger partial charge in [0.25, 0.3) is 0 Å². The summed E-state index contributed by atoms with van der Waals surface area (Å²) in [5.74, 6) is 1.83. The number of rotatable bonds is 4. The highest BCUT2D eigenvalue weighted by atomic mass is 32.1. The number of aryl methyl sites for hydroxylation is 1. The monoisotopic (exact) mass is 245 g/mol. The van der Waals surface area contributed by atoms with Gasteiger partial charge in [-0.1, -0.05) is 18.7 Å². The van der Waals surface area contributed by atoms with Crippen LogP contribution in [-0.2, 0) is 6.42 Å². The molecule has 0 fully saturated rings. The Bertz CT molecular complexity index is 535. The molecule has 0 N–H and O–H groups in total. The fourth-order valence-electron chi connectivity index (χ4n) is 1.67. The van der Waals surface area contributed by atoms with Crippen molar-refractivity contribution in [2.45, 2.75) is 20.3 Å². The van der Waals surface area contributed by atoms with Crippen LogP contribution in [0.25, 0.3) is 12.2 Å². The van der Waals surface area contributed by atoms with Crippen LogP contribution in [0.3, 0.4) is 0 Å². The van der Waals surface area contributed by atoms with Crippen LogP contribution in [0.1, 0.15) is 27.7 Å². The Kier molecular flexibility index (Phi) is 3.59. The fourth-order valence-corrected chi connectivity index (χ4v) is 2.26. The molecule has 17 heavy (non-hydrogen) atoms. The Morgan fingerprint density at radius 3 is 2.94 bits per heavy atom. The van der Waals surface area contributed by atoms with Crippen molar-refractivity contribution in [3.05, 3.63) is 51.9 Å². The maximum atomic E-state index is 5.68. The first kappa shape index (κ1) is 11.9. The smallest absolute Gasteiger partial charge is 0.134 e. The highest BCUT2D eigenvalue weighted by molar-refractivity contribution is 7.09. The van der Waals surface area contributed by atoms with Gasteiger partial charge in [-0.3, -0.25) is 0 Å². The molecule has 2 aromatic rings. The maximum absolute atomic E-state index is 5.68. The van der Waals surface area contributed by atoms with E-state index in [-0.39, 0.29) is 0 Å². The van der Waals surface area contributed by atoms with Gasteiger partial charge in [-0.25, -0.2) is 4.98 Å². The Labute approximate surface area is 105 Å². The summed E-state index contributed by atoms with van der Waals surface area (Å²) < 4.78 is 5.68. The van der Waals surface area contributed by atoms with Crippen molar-refractivity contribution in [3.8, 4) is 0 Å². The van der Waals surface area contributed by atoms with Gasteiger partial charge >= 0.3 is 0 Å². The number of aromatic nitrogens is 1. The van der Waals surface area contributed by atoms with Gasteiger partial charge in [0.1, 0.15) is 11.5 Å². The lowest BCUT2D eigenvalue weighted by molar-refractivity contribution is 0.522. The molecule has 0 aliphatic rings. The minimum atomic E-state index is 0.840. The third-order valence-corrected chi connectivity index (χ3v) is 3.51. The second kappa shape index (κ2) is 5.15. The fraction of sp³-hybridized carbons (Fsp3) is 0.214. The number of hydrogen-bond donors (Lipinski definition) is 0. The first-order valence-corrected chi connectivity index (χ1v) is 6.37. The van der Waals surface area contributed by atoms with Crippen molar-refractivity contribution >= 4 is 23.5 Å². The predicted molar refractivity (Wildman–Crippen MR) is 73.1 cm³/mol. The Morgan fingerprint density at radius 2 is 2.29 bits per heavy atom. The summed E-state index contributed by atoms with van der Waals surface area (Å²) in [5.41, 5.74) is 2.24. The summed E-state index contributed by atoms with van der Waals surface area (Å²) >= 11 is 1.66. The zero-order chi connectivity index (χ0) is 12.3. The van der Waals surface area contributed by atoms with Crippen LogP contribution in [0.4, 0.5) is 0 Å². The Hall–Kier alpha value is -1.61. The molecular weight excluding hydrogens is 230 g/mol. The molecule has 2 heterocycles. The summed E-state index contributed by atoms with van der Waals surface area (Å²) in [6.45, 7) is 7.84. The van der Waals surface area contributed by atoms with E-state index in [1.807, 2.05) is 37.6 Å². The van der Waals surface area contributed by atoms with Crippen LogP contribution >= 0.6 is 11.3 Å². The quantitative estimate of drug-likeness (QED) is 0.804. The summed E-state index contributed by atoms with van der Waals surface area (Å²) in [6.07, 6.45) is 8.58. The average molecular weight is 245 g/mol. The highest BCUT2D eigenvalue weighted by Crippen LogP contribution is 2.23. The Morgan fingerprint density at radius 1 is 1.47 bits per heavy atom. The topological polar surface area (TPSA) is 26.0 Å². The van der Waals surface area contributed by atoms with E-state index < -0.39 is 0 Å². The lowest BCUT2D eigenvalue weighted by atomic mass is 10.1. The van der Waals surface area contributed by atoms with E-state index >= 15 is 0 Å². The van der Waals surface area contributed by atoms with Crippen LogP contribution in [-0.4, -0.2) is 4.98 Å². The number of thiazole rings is 1. The largest absolute Gasteiger partial charge is 0.461 e. The van der Waals surface area contributed by atoms with Crippen molar-refractivity contribution in [1.29, 1.82) is 0 Å². The molecule has 0 aromatic carbocycles. The van der Waals surface area contributed by atoms with Crippen LogP contribution in [0.15, 0.2) is 28.6 Å². The molecule has 0 unspecified atom stereocenters. The van der Waals surface area contributed by atoms with Gasteiger partial charge in [0.2, 0.25) is 0 Å². The number of hydrogen-bond acceptors (Lipinski definition) is 3. The molecule has 2 nitrogen and oxygen atoms in total. The minimum Gasteiger partial charge on any atom is -0.461 e.